The van der Waals surface area contributed by atoms with Crippen LogP contribution in [0.3, 0.4) is 0 Å². The van der Waals surface area contributed by atoms with E-state index in [-0.39, 0.29) is 23.9 Å². The highest BCUT2D eigenvalue weighted by Gasteiger charge is 2.36. The molecule has 36 heavy (non-hydrogen) atoms. The topological polar surface area (TPSA) is 61.8 Å². The predicted molar refractivity (Wildman–Crippen MR) is 144 cm³/mol. The zero-order valence-corrected chi connectivity index (χ0v) is 21.7. The number of benzodiazepines with no additional fused rings is 1. The lowest BCUT2D eigenvalue weighted by Crippen LogP contribution is -2.44. The summed E-state index contributed by atoms with van der Waals surface area (Å²) in [5.74, 6) is -1.34. The van der Waals surface area contributed by atoms with Gasteiger partial charge in [-0.05, 0) is 60.9 Å². The van der Waals surface area contributed by atoms with E-state index in [2.05, 4.69) is 5.32 Å². The summed E-state index contributed by atoms with van der Waals surface area (Å²) < 4.78 is 14.9. The second-order valence-electron chi connectivity index (χ2n) is 8.83. The van der Waals surface area contributed by atoms with Crippen LogP contribution in [0, 0.1) is 18.7 Å². The third-order valence-electron chi connectivity index (χ3n) is 6.45. The van der Waals surface area contributed by atoms with Crippen LogP contribution in [-0.2, 0) is 9.59 Å². The normalized spacial score (nSPS) is 16.2. The molecule has 0 fully saturated rings. The van der Waals surface area contributed by atoms with Crippen LogP contribution < -0.4 is 10.2 Å². The first-order valence-electron chi connectivity index (χ1n) is 11.7. The molecule has 0 unspecified atom stereocenters. The molecule has 3 aromatic rings. The molecule has 0 spiro atoms. The van der Waals surface area contributed by atoms with Crippen molar-refractivity contribution < 1.29 is 14.0 Å². The summed E-state index contributed by atoms with van der Waals surface area (Å²) in [5, 5.41) is 3.79. The lowest BCUT2D eigenvalue weighted by atomic mass is 9.97. The summed E-state index contributed by atoms with van der Waals surface area (Å²) in [6.45, 7) is 5.43. The van der Waals surface area contributed by atoms with Gasteiger partial charge in [0.05, 0.1) is 11.4 Å². The Labute approximate surface area is 219 Å². The van der Waals surface area contributed by atoms with Gasteiger partial charge in [-0.1, -0.05) is 61.7 Å². The minimum absolute atomic E-state index is 0.148. The summed E-state index contributed by atoms with van der Waals surface area (Å²) in [6.07, 6.45) is 0.670. The molecule has 4 rings (SSSR count). The number of amides is 2. The molecule has 1 heterocycles. The van der Waals surface area contributed by atoms with Crippen molar-refractivity contribution in [1.29, 1.82) is 0 Å². The number of fused-ring (bicyclic) bond motifs is 1. The van der Waals surface area contributed by atoms with Gasteiger partial charge >= 0.3 is 0 Å². The van der Waals surface area contributed by atoms with E-state index in [1.165, 1.54) is 11.0 Å². The van der Waals surface area contributed by atoms with Crippen LogP contribution in [0.2, 0.25) is 10.0 Å². The molecule has 3 aromatic carbocycles. The van der Waals surface area contributed by atoms with E-state index in [0.717, 1.165) is 5.56 Å². The Kier molecular flexibility index (Phi) is 7.76. The predicted octanol–water partition coefficient (Wildman–Crippen LogP) is 6.68. The Bertz CT molecular complexity index is 1360. The number of nitrogens with one attached hydrogen (secondary N) is 1. The lowest BCUT2D eigenvalue weighted by molar-refractivity contribution is -0.123. The SMILES string of the molecule is CC[C@@H](C)[C@@H]1N=C(c2ccccc2F)c2cc(Cl)ccc2N(CC(=O)Nc2cccc(Cl)c2C)C1=O. The van der Waals surface area contributed by atoms with Crippen molar-refractivity contribution in [2.75, 3.05) is 16.8 Å². The van der Waals surface area contributed by atoms with Crippen molar-refractivity contribution in [2.45, 2.75) is 33.2 Å². The lowest BCUT2D eigenvalue weighted by Gasteiger charge is -2.27. The van der Waals surface area contributed by atoms with Gasteiger partial charge in [0.15, 0.2) is 0 Å². The van der Waals surface area contributed by atoms with Crippen LogP contribution in [0.1, 0.15) is 37.0 Å². The summed E-state index contributed by atoms with van der Waals surface area (Å²) in [6, 6.07) is 15.7. The third-order valence-corrected chi connectivity index (χ3v) is 7.09. The van der Waals surface area contributed by atoms with E-state index < -0.39 is 17.8 Å². The number of hydrogen-bond donors (Lipinski definition) is 1. The molecule has 0 radical (unpaired) electrons. The molecule has 0 aliphatic carbocycles. The second kappa shape index (κ2) is 10.8. The number of aliphatic imine (C=N–C) groups is 1. The summed E-state index contributed by atoms with van der Waals surface area (Å²) >= 11 is 12.5. The van der Waals surface area contributed by atoms with Gasteiger partial charge in [-0.3, -0.25) is 14.6 Å². The average Bonchev–Trinajstić information content (AvgIpc) is 2.96. The van der Waals surface area contributed by atoms with Crippen molar-refractivity contribution in [2.24, 2.45) is 10.9 Å². The highest BCUT2D eigenvalue weighted by molar-refractivity contribution is 6.32. The Morgan fingerprint density at radius 1 is 1.11 bits per heavy atom. The van der Waals surface area contributed by atoms with Gasteiger partial charge in [0.1, 0.15) is 18.4 Å². The Hall–Kier alpha value is -3.22. The fraction of sp³-hybridized carbons (Fsp3) is 0.250. The minimum atomic E-state index is -0.809. The third kappa shape index (κ3) is 5.15. The van der Waals surface area contributed by atoms with Crippen molar-refractivity contribution in [3.05, 3.63) is 93.2 Å². The number of hydrogen-bond acceptors (Lipinski definition) is 3. The van der Waals surface area contributed by atoms with Gasteiger partial charge in [-0.25, -0.2) is 4.39 Å². The first-order valence-corrected chi connectivity index (χ1v) is 12.5. The quantitative estimate of drug-likeness (QED) is 0.390. The van der Waals surface area contributed by atoms with Crippen LogP contribution >= 0.6 is 23.2 Å². The van der Waals surface area contributed by atoms with Crippen LogP contribution in [0.4, 0.5) is 15.8 Å². The first-order chi connectivity index (χ1) is 17.2. The molecule has 1 N–H and O–H groups in total. The highest BCUT2D eigenvalue weighted by atomic mass is 35.5. The second-order valence-corrected chi connectivity index (χ2v) is 9.68. The van der Waals surface area contributed by atoms with E-state index in [9.17, 15) is 14.0 Å². The van der Waals surface area contributed by atoms with E-state index in [1.54, 1.807) is 61.5 Å². The van der Waals surface area contributed by atoms with E-state index in [4.69, 9.17) is 28.2 Å². The van der Waals surface area contributed by atoms with Gasteiger partial charge in [-0.2, -0.15) is 0 Å². The van der Waals surface area contributed by atoms with Crippen LogP contribution in [0.5, 0.6) is 0 Å². The molecule has 0 saturated carbocycles. The van der Waals surface area contributed by atoms with Crippen LogP contribution in [0.25, 0.3) is 0 Å². The van der Waals surface area contributed by atoms with E-state index in [1.807, 2.05) is 13.8 Å². The molecule has 1 aliphatic heterocycles. The van der Waals surface area contributed by atoms with Crippen molar-refractivity contribution >= 4 is 52.1 Å². The smallest absolute Gasteiger partial charge is 0.252 e. The maximum Gasteiger partial charge on any atom is 0.252 e. The number of halogens is 3. The van der Waals surface area contributed by atoms with Crippen molar-refractivity contribution in [3.8, 4) is 0 Å². The molecule has 2 amide bonds. The fourth-order valence-electron chi connectivity index (χ4n) is 4.18. The van der Waals surface area contributed by atoms with Crippen LogP contribution in [-0.4, -0.2) is 30.1 Å². The number of rotatable bonds is 6. The van der Waals surface area contributed by atoms with Gasteiger partial charge in [0.25, 0.3) is 5.91 Å². The number of nitrogens with zero attached hydrogens (tertiary/aromatic N) is 2. The first kappa shape index (κ1) is 25.9. The zero-order valence-electron chi connectivity index (χ0n) is 20.2. The minimum Gasteiger partial charge on any atom is -0.324 e. The molecule has 0 saturated heterocycles. The van der Waals surface area contributed by atoms with Gasteiger partial charge in [-0.15, -0.1) is 0 Å². The summed E-state index contributed by atoms with van der Waals surface area (Å²) in [5.41, 5.74) is 2.81. The fourth-order valence-corrected chi connectivity index (χ4v) is 4.52. The van der Waals surface area contributed by atoms with Crippen LogP contribution in [0.15, 0.2) is 65.7 Å². The molecule has 0 bridgehead atoms. The number of benzene rings is 3. The summed E-state index contributed by atoms with van der Waals surface area (Å²) in [7, 11) is 0. The number of carbonyl (C=O) groups is 2. The molecule has 8 heteroatoms. The van der Waals surface area contributed by atoms with Gasteiger partial charge in [0, 0.05) is 26.9 Å². The van der Waals surface area contributed by atoms with Gasteiger partial charge < -0.3 is 10.2 Å². The summed E-state index contributed by atoms with van der Waals surface area (Å²) in [4.78, 5) is 33.2. The monoisotopic (exact) mass is 525 g/mol. The Balaban J connectivity index is 1.81. The van der Waals surface area contributed by atoms with E-state index in [0.29, 0.717) is 39.1 Å². The zero-order chi connectivity index (χ0) is 26.0. The molecule has 1 aliphatic rings. The molecule has 0 aromatic heterocycles. The molecular weight excluding hydrogens is 500 g/mol. The molecule has 186 valence electrons. The van der Waals surface area contributed by atoms with Crippen molar-refractivity contribution in [1.82, 2.24) is 0 Å². The standard InChI is InChI=1S/C28H26Cl2FN3O2/c1-4-16(2)26-28(36)34(15-25(35)32-23-11-7-9-21(30)17(23)3)24-13-12-18(29)14-20(24)27(33-26)19-8-5-6-10-22(19)31/h5-14,16,26H,4,15H2,1-3H3,(H,32,35)/t16-,26+/m1/s1. The maximum absolute atomic E-state index is 14.9. The van der Waals surface area contributed by atoms with Crippen molar-refractivity contribution in [3.63, 3.8) is 0 Å². The molecule has 2 atom stereocenters. The maximum atomic E-state index is 14.9. The van der Waals surface area contributed by atoms with Gasteiger partial charge in [0.2, 0.25) is 5.91 Å². The average molecular weight is 526 g/mol. The number of anilines is 2. The van der Waals surface area contributed by atoms with E-state index >= 15 is 0 Å². The number of carbonyl (C=O) groups excluding carboxylic acids is 2. The Morgan fingerprint density at radius 2 is 1.86 bits per heavy atom. The highest BCUT2D eigenvalue weighted by Crippen LogP contribution is 2.33. The Morgan fingerprint density at radius 3 is 2.58 bits per heavy atom. The largest absolute Gasteiger partial charge is 0.324 e. The molecule has 5 nitrogen and oxygen atoms in total. The molecular formula is C28H26Cl2FN3O2.